The second kappa shape index (κ2) is 8.46. The van der Waals surface area contributed by atoms with Crippen LogP contribution >= 0.6 is 22.7 Å². The minimum absolute atomic E-state index is 0.0189. The Labute approximate surface area is 161 Å². The molecule has 0 bridgehead atoms. The van der Waals surface area contributed by atoms with Crippen molar-refractivity contribution < 1.29 is 14.3 Å². The summed E-state index contributed by atoms with van der Waals surface area (Å²) in [5.41, 5.74) is 3.78. The maximum absolute atomic E-state index is 13.8. The van der Waals surface area contributed by atoms with Crippen molar-refractivity contribution in [3.05, 3.63) is 49.9 Å². The number of carbonyl (C=O) groups is 1. The minimum atomic E-state index is -0.915. The molecule has 0 aromatic carbocycles. The molecule has 0 unspecified atom stereocenters. The highest BCUT2D eigenvalue weighted by Crippen LogP contribution is 2.35. The Kier molecular flexibility index (Phi) is 6.27. The zero-order chi connectivity index (χ0) is 18.7. The maximum Gasteiger partial charge on any atom is 0.304 e. The lowest BCUT2D eigenvalue weighted by Gasteiger charge is -2.22. The molecular formula is C20H24FNO2S2. The summed E-state index contributed by atoms with van der Waals surface area (Å²) in [6, 6.07) is 4.08. The van der Waals surface area contributed by atoms with Gasteiger partial charge < -0.3 is 5.11 Å². The van der Waals surface area contributed by atoms with E-state index in [-0.39, 0.29) is 12.5 Å². The van der Waals surface area contributed by atoms with E-state index >= 15 is 0 Å². The Morgan fingerprint density at radius 2 is 1.88 bits per heavy atom. The molecule has 1 aliphatic rings. The first-order valence-corrected chi connectivity index (χ1v) is 10.6. The number of carboxylic acids is 1. The van der Waals surface area contributed by atoms with E-state index in [1.807, 2.05) is 4.90 Å². The molecule has 0 amide bonds. The molecule has 3 nitrogen and oxygen atoms in total. The highest BCUT2D eigenvalue weighted by atomic mass is 32.1. The van der Waals surface area contributed by atoms with E-state index in [1.54, 1.807) is 22.7 Å². The van der Waals surface area contributed by atoms with Gasteiger partial charge in [0.15, 0.2) is 0 Å². The van der Waals surface area contributed by atoms with E-state index in [2.05, 4.69) is 42.8 Å². The third kappa shape index (κ3) is 4.42. The van der Waals surface area contributed by atoms with Gasteiger partial charge in [0.05, 0.1) is 6.42 Å². The number of rotatable bonds is 7. The van der Waals surface area contributed by atoms with Crippen LogP contribution in [0.25, 0.3) is 5.57 Å². The van der Waals surface area contributed by atoms with Gasteiger partial charge in [-0.15, -0.1) is 22.7 Å². The van der Waals surface area contributed by atoms with Gasteiger partial charge in [0, 0.05) is 34.5 Å². The molecule has 2 aromatic heterocycles. The van der Waals surface area contributed by atoms with E-state index in [0.29, 0.717) is 19.5 Å². The van der Waals surface area contributed by atoms with Gasteiger partial charge in [-0.05, 0) is 60.7 Å². The molecule has 6 heteroatoms. The topological polar surface area (TPSA) is 40.5 Å². The summed E-state index contributed by atoms with van der Waals surface area (Å²) < 4.78 is 13.8. The van der Waals surface area contributed by atoms with Crippen LogP contribution in [0.15, 0.2) is 29.0 Å². The number of aryl methyl sites for hydroxylation is 2. The summed E-state index contributed by atoms with van der Waals surface area (Å²) in [6.45, 7) is 5.28. The first-order valence-electron chi connectivity index (χ1n) is 8.84. The number of likely N-dealkylation sites (tertiary alicyclic amines) is 1. The Morgan fingerprint density at radius 3 is 2.38 bits per heavy atom. The third-order valence-electron chi connectivity index (χ3n) is 4.87. The second-order valence-electron chi connectivity index (χ2n) is 6.85. The number of carboxylic acid groups (broad SMARTS) is 1. The van der Waals surface area contributed by atoms with Crippen molar-refractivity contribution >= 4 is 34.2 Å². The fourth-order valence-electron chi connectivity index (χ4n) is 3.57. The molecule has 0 radical (unpaired) electrons. The van der Waals surface area contributed by atoms with Crippen LogP contribution in [0.4, 0.5) is 4.39 Å². The lowest BCUT2D eigenvalue weighted by Crippen LogP contribution is -2.32. The highest BCUT2D eigenvalue weighted by Gasteiger charge is 2.32. The van der Waals surface area contributed by atoms with Gasteiger partial charge >= 0.3 is 5.97 Å². The summed E-state index contributed by atoms with van der Waals surface area (Å²) in [7, 11) is 0. The quantitative estimate of drug-likeness (QED) is 0.708. The van der Waals surface area contributed by atoms with Crippen LogP contribution in [0, 0.1) is 13.8 Å². The molecule has 0 spiro atoms. The van der Waals surface area contributed by atoms with E-state index in [0.717, 1.165) is 6.42 Å². The molecule has 1 N–H and O–H groups in total. The smallest absolute Gasteiger partial charge is 0.304 e. The Hall–Kier alpha value is -1.50. The number of aliphatic carboxylic acids is 1. The number of hydrogen-bond donors (Lipinski definition) is 1. The zero-order valence-corrected chi connectivity index (χ0v) is 16.7. The van der Waals surface area contributed by atoms with Crippen molar-refractivity contribution in [2.45, 2.75) is 45.3 Å². The average molecular weight is 394 g/mol. The van der Waals surface area contributed by atoms with Gasteiger partial charge in [-0.3, -0.25) is 9.69 Å². The monoisotopic (exact) mass is 393 g/mol. The average Bonchev–Trinajstić information content (AvgIpc) is 3.26. The van der Waals surface area contributed by atoms with Gasteiger partial charge in [0.1, 0.15) is 6.17 Å². The van der Waals surface area contributed by atoms with Gasteiger partial charge in [-0.1, -0.05) is 6.08 Å². The third-order valence-corrected chi connectivity index (χ3v) is 6.96. The molecule has 2 aromatic rings. The van der Waals surface area contributed by atoms with Gasteiger partial charge in [0.25, 0.3) is 0 Å². The standard InChI is InChI=1S/C20H24FNO2S2/c1-13-5-8-25-19(13)17(20-14(2)6-9-26-20)4-3-7-22-12-15(21)10-16(22)11-18(23)24/h4-6,8-9,15-16H,3,7,10-12H2,1-2H3,(H,23,24)/t15-,16+/m1/s1. The Balaban J connectivity index is 1.76. The summed E-state index contributed by atoms with van der Waals surface area (Å²) in [4.78, 5) is 15.6. The lowest BCUT2D eigenvalue weighted by molar-refractivity contribution is -0.138. The van der Waals surface area contributed by atoms with Gasteiger partial charge in [-0.25, -0.2) is 4.39 Å². The zero-order valence-electron chi connectivity index (χ0n) is 15.1. The first kappa shape index (κ1) is 19.3. The van der Waals surface area contributed by atoms with Crippen molar-refractivity contribution in [2.75, 3.05) is 13.1 Å². The highest BCUT2D eigenvalue weighted by molar-refractivity contribution is 7.14. The van der Waals surface area contributed by atoms with Crippen molar-refractivity contribution in [1.82, 2.24) is 4.90 Å². The number of nitrogens with zero attached hydrogens (tertiary/aromatic N) is 1. The summed E-state index contributed by atoms with van der Waals surface area (Å²) in [6.07, 6.45) is 2.46. The van der Waals surface area contributed by atoms with E-state index in [4.69, 9.17) is 5.11 Å². The molecule has 26 heavy (non-hydrogen) atoms. The van der Waals surface area contributed by atoms with Crippen LogP contribution in [0.2, 0.25) is 0 Å². The molecule has 1 saturated heterocycles. The summed E-state index contributed by atoms with van der Waals surface area (Å²) in [5.74, 6) is -0.853. The summed E-state index contributed by atoms with van der Waals surface area (Å²) in [5, 5.41) is 13.3. The molecule has 1 fully saturated rings. The number of alkyl halides is 1. The van der Waals surface area contributed by atoms with Crippen LogP contribution in [0.1, 0.15) is 40.1 Å². The van der Waals surface area contributed by atoms with Crippen molar-refractivity contribution in [3.8, 4) is 0 Å². The van der Waals surface area contributed by atoms with Crippen molar-refractivity contribution in [2.24, 2.45) is 0 Å². The summed E-state index contributed by atoms with van der Waals surface area (Å²) >= 11 is 3.49. The fraction of sp³-hybridized carbons (Fsp3) is 0.450. The maximum atomic E-state index is 13.8. The normalized spacial score (nSPS) is 20.4. The Bertz CT molecular complexity index is 753. The number of hydrogen-bond acceptors (Lipinski definition) is 4. The molecule has 140 valence electrons. The van der Waals surface area contributed by atoms with E-state index in [9.17, 15) is 9.18 Å². The van der Waals surface area contributed by atoms with Gasteiger partial charge in [-0.2, -0.15) is 0 Å². The van der Waals surface area contributed by atoms with Crippen LogP contribution in [0.5, 0.6) is 0 Å². The van der Waals surface area contributed by atoms with Crippen molar-refractivity contribution in [3.63, 3.8) is 0 Å². The molecule has 3 heterocycles. The minimum Gasteiger partial charge on any atom is -0.481 e. The molecule has 0 saturated carbocycles. The van der Waals surface area contributed by atoms with Crippen molar-refractivity contribution in [1.29, 1.82) is 0 Å². The Morgan fingerprint density at radius 1 is 1.27 bits per heavy atom. The molecular weight excluding hydrogens is 369 g/mol. The van der Waals surface area contributed by atoms with E-state index < -0.39 is 12.1 Å². The predicted octanol–water partition coefficient (Wildman–Crippen LogP) is 5.14. The SMILES string of the molecule is Cc1ccsc1C(=CCCN1C[C@H](F)C[C@H]1CC(=O)O)c1sccc1C. The van der Waals surface area contributed by atoms with Crippen LogP contribution in [-0.4, -0.2) is 41.3 Å². The molecule has 3 rings (SSSR count). The van der Waals surface area contributed by atoms with Crippen LogP contribution < -0.4 is 0 Å². The number of thiophene rings is 2. The van der Waals surface area contributed by atoms with Crippen LogP contribution in [0.3, 0.4) is 0 Å². The predicted molar refractivity (Wildman–Crippen MR) is 107 cm³/mol. The second-order valence-corrected chi connectivity index (χ2v) is 8.68. The largest absolute Gasteiger partial charge is 0.481 e. The van der Waals surface area contributed by atoms with E-state index in [1.165, 1.54) is 26.5 Å². The van der Waals surface area contributed by atoms with Gasteiger partial charge in [0.2, 0.25) is 0 Å². The van der Waals surface area contributed by atoms with Crippen LogP contribution in [-0.2, 0) is 4.79 Å². The lowest BCUT2D eigenvalue weighted by atomic mass is 10.1. The molecule has 2 atom stereocenters. The molecule has 1 aliphatic heterocycles. The first-order chi connectivity index (χ1) is 12.5. The number of halogens is 1. The fourth-order valence-corrected chi connectivity index (χ4v) is 5.58. The molecule has 0 aliphatic carbocycles.